The van der Waals surface area contributed by atoms with Crippen LogP contribution in [0.1, 0.15) is 66.1 Å². The first-order valence-electron chi connectivity index (χ1n) is 9.46. The molecule has 0 aromatic rings. The molecule has 1 aliphatic rings. The van der Waals surface area contributed by atoms with Crippen molar-refractivity contribution in [1.29, 1.82) is 0 Å². The molecular formula is C17H35NO5. The van der Waals surface area contributed by atoms with Crippen LogP contribution in [-0.4, -0.2) is 64.2 Å². The van der Waals surface area contributed by atoms with Gasteiger partial charge < -0.3 is 30.5 Å². The Kier molecular flexibility index (Phi) is 8.79. The Balaban J connectivity index is 2.53. The van der Waals surface area contributed by atoms with E-state index < -0.39 is 43.1 Å². The van der Waals surface area contributed by atoms with Gasteiger partial charge in [0, 0.05) is 7.77 Å². The highest BCUT2D eigenvalue weighted by molar-refractivity contribution is 4.99. The highest BCUT2D eigenvalue weighted by atomic mass is 16.6. The lowest BCUT2D eigenvalue weighted by molar-refractivity contribution is -0.321. The molecule has 6 nitrogen and oxygen atoms in total. The SMILES string of the molecule is [2H]C(CCCCCCCCC)C1(O)O[C@H](CO)[C@@H](O)[C@H](O)[C@H]1NC. The molecule has 0 amide bonds. The van der Waals surface area contributed by atoms with Crippen LogP contribution < -0.4 is 5.32 Å². The average molecular weight is 334 g/mol. The van der Waals surface area contributed by atoms with Gasteiger partial charge in [-0.15, -0.1) is 0 Å². The number of likely N-dealkylation sites (N-methyl/N-ethyl adjacent to an activating group) is 1. The van der Waals surface area contributed by atoms with Crippen molar-refractivity contribution < 1.29 is 26.5 Å². The molecule has 0 radical (unpaired) electrons. The van der Waals surface area contributed by atoms with Gasteiger partial charge in [-0.2, -0.15) is 0 Å². The molecule has 6 heteroatoms. The van der Waals surface area contributed by atoms with Crippen molar-refractivity contribution in [3.8, 4) is 0 Å². The fourth-order valence-electron chi connectivity index (χ4n) is 3.16. The van der Waals surface area contributed by atoms with Gasteiger partial charge in [-0.3, -0.25) is 0 Å². The van der Waals surface area contributed by atoms with E-state index in [9.17, 15) is 20.4 Å². The normalized spacial score (nSPS) is 36.7. The molecule has 1 aliphatic heterocycles. The van der Waals surface area contributed by atoms with Gasteiger partial charge in [0.15, 0.2) is 5.79 Å². The Labute approximate surface area is 141 Å². The molecule has 0 bridgehead atoms. The fourth-order valence-corrected chi connectivity index (χ4v) is 3.16. The average Bonchev–Trinajstić information content (AvgIpc) is 2.57. The maximum absolute atomic E-state index is 10.8. The summed E-state index contributed by atoms with van der Waals surface area (Å²) in [5, 5.41) is 42.9. The second-order valence-electron chi connectivity index (χ2n) is 6.45. The first-order valence-corrected chi connectivity index (χ1v) is 8.89. The molecule has 5 N–H and O–H groups in total. The monoisotopic (exact) mass is 334 g/mol. The number of hydrogen-bond acceptors (Lipinski definition) is 6. The van der Waals surface area contributed by atoms with E-state index in [1.807, 2.05) is 0 Å². The van der Waals surface area contributed by atoms with Gasteiger partial charge in [0.25, 0.3) is 0 Å². The standard InChI is InChI=1S/C17H35NO5/c1-3-4-5-6-7-8-9-10-11-17(22)16(18-2)15(21)14(20)13(12-19)23-17/h13-16,18-22H,3-12H2,1-2H3/t13-,14-,15+,16-,17?/m1/s1/i11D/t11?,13-,14-,15+,16-,17?. The highest BCUT2D eigenvalue weighted by Crippen LogP contribution is 2.32. The van der Waals surface area contributed by atoms with Crippen LogP contribution in [0.5, 0.6) is 0 Å². The molecule has 1 heterocycles. The number of aliphatic hydroxyl groups is 4. The molecule has 2 unspecified atom stereocenters. The number of hydrogen-bond donors (Lipinski definition) is 5. The maximum Gasteiger partial charge on any atom is 0.184 e. The fraction of sp³-hybridized carbons (Fsp3) is 1.00. The molecule has 0 aliphatic carbocycles. The van der Waals surface area contributed by atoms with Crippen molar-refractivity contribution in [1.82, 2.24) is 5.32 Å². The number of unbranched alkanes of at least 4 members (excludes halogenated alkanes) is 6. The van der Waals surface area contributed by atoms with Crippen molar-refractivity contribution in [2.45, 2.75) is 94.8 Å². The lowest BCUT2D eigenvalue weighted by atomic mass is 9.87. The molecule has 138 valence electrons. The topological polar surface area (TPSA) is 102 Å². The van der Waals surface area contributed by atoms with Gasteiger partial charge in [-0.25, -0.2) is 0 Å². The molecule has 1 fully saturated rings. The van der Waals surface area contributed by atoms with Crippen molar-refractivity contribution in [3.05, 3.63) is 0 Å². The lowest BCUT2D eigenvalue weighted by Crippen LogP contribution is -2.69. The summed E-state index contributed by atoms with van der Waals surface area (Å²) in [6.07, 6.45) is 3.53. The van der Waals surface area contributed by atoms with Crippen LogP contribution in [0.3, 0.4) is 0 Å². The summed E-state index contributed by atoms with van der Waals surface area (Å²) in [5.74, 6) is -1.94. The quantitative estimate of drug-likeness (QED) is 0.360. The van der Waals surface area contributed by atoms with E-state index in [2.05, 4.69) is 12.2 Å². The van der Waals surface area contributed by atoms with E-state index in [1.54, 1.807) is 0 Å². The summed E-state index contributed by atoms with van der Waals surface area (Å²) in [6.45, 7) is 1.65. The summed E-state index contributed by atoms with van der Waals surface area (Å²) in [6, 6.07) is -0.984. The minimum absolute atomic E-state index is 0.434. The summed E-state index contributed by atoms with van der Waals surface area (Å²) >= 11 is 0. The van der Waals surface area contributed by atoms with Crippen LogP contribution in [0.25, 0.3) is 0 Å². The van der Waals surface area contributed by atoms with E-state index in [0.717, 1.165) is 19.3 Å². The molecule has 0 saturated carbocycles. The van der Waals surface area contributed by atoms with Gasteiger partial charge >= 0.3 is 0 Å². The van der Waals surface area contributed by atoms with Crippen molar-refractivity contribution in [3.63, 3.8) is 0 Å². The number of rotatable bonds is 11. The maximum atomic E-state index is 10.8. The smallest absolute Gasteiger partial charge is 0.184 e. The molecule has 0 spiro atoms. The first kappa shape index (κ1) is 19.1. The van der Waals surface area contributed by atoms with Crippen LogP contribution in [0.15, 0.2) is 0 Å². The van der Waals surface area contributed by atoms with Crippen molar-refractivity contribution >= 4 is 0 Å². The van der Waals surface area contributed by atoms with E-state index in [0.29, 0.717) is 6.42 Å². The summed E-state index contributed by atoms with van der Waals surface area (Å²) in [4.78, 5) is 0. The predicted octanol–water partition coefficient (Wildman–Crippen LogP) is 0.907. The van der Waals surface area contributed by atoms with Gasteiger partial charge in [-0.1, -0.05) is 51.9 Å². The second-order valence-corrected chi connectivity index (χ2v) is 6.45. The van der Waals surface area contributed by atoms with Crippen molar-refractivity contribution in [2.75, 3.05) is 13.7 Å². The lowest BCUT2D eigenvalue weighted by Gasteiger charge is -2.47. The molecule has 1 rings (SSSR count). The van der Waals surface area contributed by atoms with Gasteiger partial charge in [0.2, 0.25) is 0 Å². The van der Waals surface area contributed by atoms with Gasteiger partial charge in [-0.05, 0) is 13.5 Å². The van der Waals surface area contributed by atoms with Crippen LogP contribution in [0, 0.1) is 0 Å². The zero-order chi connectivity index (χ0) is 18.2. The molecular weight excluding hydrogens is 298 g/mol. The summed E-state index contributed by atoms with van der Waals surface area (Å²) in [5.41, 5.74) is 0. The Bertz CT molecular complexity index is 349. The third-order valence-corrected chi connectivity index (χ3v) is 4.59. The second kappa shape index (κ2) is 10.6. The van der Waals surface area contributed by atoms with E-state index in [4.69, 9.17) is 6.11 Å². The largest absolute Gasteiger partial charge is 0.394 e. The zero-order valence-corrected chi connectivity index (χ0v) is 14.4. The Morgan fingerprint density at radius 1 is 1.04 bits per heavy atom. The molecule has 23 heavy (non-hydrogen) atoms. The molecule has 6 atom stereocenters. The molecule has 0 aromatic heterocycles. The van der Waals surface area contributed by atoms with Crippen LogP contribution in [0.4, 0.5) is 0 Å². The highest BCUT2D eigenvalue weighted by Gasteiger charge is 2.51. The van der Waals surface area contributed by atoms with Crippen LogP contribution in [0.2, 0.25) is 0 Å². The van der Waals surface area contributed by atoms with E-state index in [-0.39, 0.29) is 0 Å². The predicted molar refractivity (Wildman–Crippen MR) is 89.0 cm³/mol. The minimum Gasteiger partial charge on any atom is -0.394 e. The Hall–Kier alpha value is -0.240. The molecule has 1 saturated heterocycles. The Morgan fingerprint density at radius 2 is 1.61 bits per heavy atom. The van der Waals surface area contributed by atoms with E-state index >= 15 is 0 Å². The zero-order valence-electron chi connectivity index (χ0n) is 15.4. The Morgan fingerprint density at radius 3 is 2.13 bits per heavy atom. The summed E-state index contributed by atoms with van der Waals surface area (Å²) < 4.78 is 13.7. The molecule has 0 aromatic carbocycles. The van der Waals surface area contributed by atoms with Crippen LogP contribution in [-0.2, 0) is 4.74 Å². The summed E-state index contributed by atoms with van der Waals surface area (Å²) in [7, 11) is 1.54. The van der Waals surface area contributed by atoms with E-state index in [1.165, 1.54) is 32.7 Å². The third kappa shape index (κ3) is 5.96. The number of ether oxygens (including phenoxy) is 1. The van der Waals surface area contributed by atoms with Crippen LogP contribution >= 0.6 is 0 Å². The number of nitrogens with one attached hydrogen (secondary N) is 1. The minimum atomic E-state index is -1.94. The first-order chi connectivity index (χ1) is 11.4. The van der Waals surface area contributed by atoms with Gasteiger partial charge in [0.1, 0.15) is 18.3 Å². The third-order valence-electron chi connectivity index (χ3n) is 4.59. The van der Waals surface area contributed by atoms with Gasteiger partial charge in [0.05, 0.1) is 12.6 Å². The number of aliphatic hydroxyl groups excluding tert-OH is 3. The van der Waals surface area contributed by atoms with Crippen molar-refractivity contribution in [2.24, 2.45) is 0 Å².